The maximum atomic E-state index is 13.6. The van der Waals surface area contributed by atoms with Gasteiger partial charge >= 0.3 is 0 Å². The van der Waals surface area contributed by atoms with Gasteiger partial charge in [0.1, 0.15) is 12.6 Å². The zero-order valence-electron chi connectivity index (χ0n) is 20.8. The first-order valence-electron chi connectivity index (χ1n) is 12.0. The van der Waals surface area contributed by atoms with E-state index in [2.05, 4.69) is 5.32 Å². The molecule has 0 radical (unpaired) electrons. The van der Waals surface area contributed by atoms with Gasteiger partial charge in [0.2, 0.25) is 21.8 Å². The Morgan fingerprint density at radius 2 is 1.81 bits per heavy atom. The van der Waals surface area contributed by atoms with Crippen LogP contribution in [0, 0.1) is 10.1 Å². The Kier molecular flexibility index (Phi) is 9.50. The Hall–Kier alpha value is -3.18. The zero-order valence-corrected chi connectivity index (χ0v) is 22.4. The molecule has 0 saturated heterocycles. The summed E-state index contributed by atoms with van der Waals surface area (Å²) in [5.41, 5.74) is 0.334. The third kappa shape index (κ3) is 7.90. The smallest absolute Gasteiger partial charge is 0.271 e. The highest BCUT2D eigenvalue weighted by atomic mass is 35.5. The molecular weight excluding hydrogens is 520 g/mol. The van der Waals surface area contributed by atoms with Crippen molar-refractivity contribution in [2.24, 2.45) is 0 Å². The Balaban J connectivity index is 1.90. The molecule has 2 aromatic carbocycles. The summed E-state index contributed by atoms with van der Waals surface area (Å²) in [6, 6.07) is 11.0. The summed E-state index contributed by atoms with van der Waals surface area (Å²) in [6.07, 6.45) is 5.83. The molecule has 12 heteroatoms. The van der Waals surface area contributed by atoms with Gasteiger partial charge in [-0.2, -0.15) is 0 Å². The number of carbonyl (C=O) groups is 2. The van der Waals surface area contributed by atoms with Gasteiger partial charge in [-0.15, -0.1) is 0 Å². The van der Waals surface area contributed by atoms with Crippen LogP contribution >= 0.6 is 11.6 Å². The van der Waals surface area contributed by atoms with Crippen molar-refractivity contribution in [1.82, 2.24) is 10.2 Å². The fraction of sp³-hybridized carbons (Fsp3) is 0.440. The van der Waals surface area contributed by atoms with Gasteiger partial charge in [0.25, 0.3) is 5.69 Å². The van der Waals surface area contributed by atoms with Gasteiger partial charge in [-0.25, -0.2) is 8.42 Å². The first-order valence-corrected chi connectivity index (χ1v) is 14.2. The van der Waals surface area contributed by atoms with Gasteiger partial charge in [0.05, 0.1) is 16.9 Å². The number of nitro groups is 1. The molecule has 10 nitrogen and oxygen atoms in total. The number of carbonyl (C=O) groups excluding carboxylic acids is 2. The van der Waals surface area contributed by atoms with Gasteiger partial charge < -0.3 is 10.2 Å². The van der Waals surface area contributed by atoms with Gasteiger partial charge in [-0.05, 0) is 43.5 Å². The standard InChI is InChI=1S/C25H31ClN4O6S/c1-18(25(32)27-21-10-4-3-5-11-21)28(16-19-8-6-9-20(26)14-19)24(31)17-29(37(2,35)36)22-12-7-13-23(15-22)30(33)34/h6-9,12-15,18,21H,3-5,10-11,16-17H2,1-2H3,(H,27,32)/t18-/m1/s1. The highest BCUT2D eigenvalue weighted by molar-refractivity contribution is 7.92. The second kappa shape index (κ2) is 12.4. The minimum Gasteiger partial charge on any atom is -0.352 e. The molecule has 0 unspecified atom stereocenters. The van der Waals surface area contributed by atoms with E-state index in [0.717, 1.165) is 48.7 Å². The predicted molar refractivity (Wildman–Crippen MR) is 142 cm³/mol. The number of benzene rings is 2. The van der Waals surface area contributed by atoms with Crippen molar-refractivity contribution >= 4 is 44.8 Å². The first-order chi connectivity index (χ1) is 17.5. The first kappa shape index (κ1) is 28.4. The van der Waals surface area contributed by atoms with Crippen molar-refractivity contribution in [3.63, 3.8) is 0 Å². The minimum absolute atomic E-state index is 0.0190. The van der Waals surface area contributed by atoms with Crippen LogP contribution in [0.1, 0.15) is 44.6 Å². The van der Waals surface area contributed by atoms with Gasteiger partial charge in [0.15, 0.2) is 0 Å². The molecule has 0 spiro atoms. The molecule has 0 aliphatic heterocycles. The van der Waals surface area contributed by atoms with Gasteiger partial charge in [-0.3, -0.25) is 24.0 Å². The van der Waals surface area contributed by atoms with Crippen LogP contribution in [0.25, 0.3) is 0 Å². The number of rotatable bonds is 10. The van der Waals surface area contributed by atoms with E-state index in [1.165, 1.54) is 23.1 Å². The topological polar surface area (TPSA) is 130 Å². The van der Waals surface area contributed by atoms with Crippen LogP contribution in [0.15, 0.2) is 48.5 Å². The highest BCUT2D eigenvalue weighted by Gasteiger charge is 2.31. The van der Waals surface area contributed by atoms with E-state index in [1.807, 2.05) is 0 Å². The predicted octanol–water partition coefficient (Wildman–Crippen LogP) is 3.88. The molecule has 0 aromatic heterocycles. The summed E-state index contributed by atoms with van der Waals surface area (Å²) in [5.74, 6) is -0.966. The van der Waals surface area contributed by atoms with Crippen molar-refractivity contribution in [3.8, 4) is 0 Å². The van der Waals surface area contributed by atoms with Crippen molar-refractivity contribution in [2.75, 3.05) is 17.1 Å². The summed E-state index contributed by atoms with van der Waals surface area (Å²) in [5, 5.41) is 14.7. The number of halogens is 1. The molecule has 1 fully saturated rings. The van der Waals surface area contributed by atoms with Crippen molar-refractivity contribution in [3.05, 3.63) is 69.2 Å². The van der Waals surface area contributed by atoms with Crippen LogP contribution in [0.4, 0.5) is 11.4 Å². The Bertz CT molecular complexity index is 1250. The number of hydrogen-bond acceptors (Lipinski definition) is 6. The fourth-order valence-electron chi connectivity index (χ4n) is 4.36. The number of anilines is 1. The molecule has 200 valence electrons. The van der Waals surface area contributed by atoms with E-state index >= 15 is 0 Å². The maximum absolute atomic E-state index is 13.6. The van der Waals surface area contributed by atoms with Crippen LogP contribution in [-0.2, 0) is 26.2 Å². The second-order valence-electron chi connectivity index (χ2n) is 9.22. The van der Waals surface area contributed by atoms with Gasteiger partial charge in [0, 0.05) is 29.7 Å². The van der Waals surface area contributed by atoms with E-state index in [9.17, 15) is 28.1 Å². The van der Waals surface area contributed by atoms with E-state index < -0.39 is 33.4 Å². The molecule has 1 aliphatic carbocycles. The lowest BCUT2D eigenvalue weighted by Crippen LogP contribution is -2.52. The normalized spacial score (nSPS) is 15.0. The molecule has 1 atom stereocenters. The maximum Gasteiger partial charge on any atom is 0.271 e. The zero-order chi connectivity index (χ0) is 27.2. The lowest BCUT2D eigenvalue weighted by molar-refractivity contribution is -0.384. The average molecular weight is 551 g/mol. The average Bonchev–Trinajstić information content (AvgIpc) is 2.85. The molecule has 3 rings (SSSR count). The molecule has 37 heavy (non-hydrogen) atoms. The Morgan fingerprint density at radius 3 is 2.43 bits per heavy atom. The van der Waals surface area contributed by atoms with E-state index in [0.29, 0.717) is 10.6 Å². The Labute approximate surface area is 221 Å². The number of non-ortho nitro benzene ring substituents is 1. The highest BCUT2D eigenvalue weighted by Crippen LogP contribution is 2.24. The molecule has 1 saturated carbocycles. The summed E-state index contributed by atoms with van der Waals surface area (Å²) >= 11 is 6.12. The SMILES string of the molecule is C[C@H](C(=O)NC1CCCCC1)N(Cc1cccc(Cl)c1)C(=O)CN(c1cccc([N+](=O)[O-])c1)S(C)(=O)=O. The molecule has 2 amide bonds. The minimum atomic E-state index is -4.00. The number of nitro benzene ring substituents is 1. The number of hydrogen-bond donors (Lipinski definition) is 1. The largest absolute Gasteiger partial charge is 0.352 e. The van der Waals surface area contributed by atoms with Crippen LogP contribution in [-0.4, -0.2) is 54.9 Å². The van der Waals surface area contributed by atoms with E-state index in [1.54, 1.807) is 31.2 Å². The van der Waals surface area contributed by atoms with Crippen molar-refractivity contribution in [2.45, 2.75) is 57.7 Å². The van der Waals surface area contributed by atoms with Crippen LogP contribution in [0.3, 0.4) is 0 Å². The quantitative estimate of drug-likeness (QED) is 0.353. The number of nitrogens with one attached hydrogen (secondary N) is 1. The van der Waals surface area contributed by atoms with Gasteiger partial charge in [-0.1, -0.05) is 49.1 Å². The molecule has 1 aliphatic rings. The summed E-state index contributed by atoms with van der Waals surface area (Å²) in [4.78, 5) is 38.6. The summed E-state index contributed by atoms with van der Waals surface area (Å²) in [7, 11) is -4.00. The third-order valence-electron chi connectivity index (χ3n) is 6.37. The number of nitrogens with zero attached hydrogens (tertiary/aromatic N) is 3. The van der Waals surface area contributed by atoms with Crippen LogP contribution in [0.2, 0.25) is 5.02 Å². The number of sulfonamides is 1. The molecule has 0 heterocycles. The van der Waals surface area contributed by atoms with Crippen LogP contribution < -0.4 is 9.62 Å². The van der Waals surface area contributed by atoms with E-state index in [4.69, 9.17) is 11.6 Å². The van der Waals surface area contributed by atoms with Crippen LogP contribution in [0.5, 0.6) is 0 Å². The van der Waals surface area contributed by atoms with E-state index in [-0.39, 0.29) is 29.9 Å². The lowest BCUT2D eigenvalue weighted by atomic mass is 9.95. The lowest BCUT2D eigenvalue weighted by Gasteiger charge is -2.33. The molecular formula is C25H31ClN4O6S. The van der Waals surface area contributed by atoms with Crippen molar-refractivity contribution < 1.29 is 22.9 Å². The molecule has 0 bridgehead atoms. The number of amides is 2. The van der Waals surface area contributed by atoms with Crippen molar-refractivity contribution in [1.29, 1.82) is 0 Å². The fourth-order valence-corrected chi connectivity index (χ4v) is 5.41. The third-order valence-corrected chi connectivity index (χ3v) is 7.74. The second-order valence-corrected chi connectivity index (χ2v) is 11.6. The molecule has 2 aromatic rings. The summed E-state index contributed by atoms with van der Waals surface area (Å²) in [6.45, 7) is 0.978. The summed E-state index contributed by atoms with van der Waals surface area (Å²) < 4.78 is 26.1. The molecule has 1 N–H and O–H groups in total. The Morgan fingerprint density at radius 1 is 1.14 bits per heavy atom. The monoisotopic (exact) mass is 550 g/mol.